The second kappa shape index (κ2) is 8.02. The zero-order chi connectivity index (χ0) is 17.7. The number of rotatable bonds is 5. The number of nitrogens with one attached hydrogen (secondary N) is 1. The highest BCUT2D eigenvalue weighted by molar-refractivity contribution is 7.88. The molecule has 0 heterocycles. The number of anilines is 1. The summed E-state index contributed by atoms with van der Waals surface area (Å²) in [5.41, 5.74) is -0.171. The Balaban J connectivity index is 2.09. The van der Waals surface area contributed by atoms with E-state index in [1.54, 1.807) is 0 Å². The van der Waals surface area contributed by atoms with Crippen LogP contribution in [-0.4, -0.2) is 37.5 Å². The van der Waals surface area contributed by atoms with Crippen LogP contribution < -0.4 is 5.32 Å². The topological polar surface area (TPSA) is 66.5 Å². The van der Waals surface area contributed by atoms with Crippen LogP contribution >= 0.6 is 0 Å². The molecule has 1 aromatic rings. The second-order valence-electron chi connectivity index (χ2n) is 6.13. The lowest BCUT2D eigenvalue weighted by Gasteiger charge is -2.28. The average Bonchev–Trinajstić information content (AvgIpc) is 2.75. The fourth-order valence-corrected chi connectivity index (χ4v) is 4.09. The van der Waals surface area contributed by atoms with Gasteiger partial charge in [-0.3, -0.25) is 4.79 Å². The van der Waals surface area contributed by atoms with E-state index in [-0.39, 0.29) is 18.3 Å². The van der Waals surface area contributed by atoms with E-state index < -0.39 is 27.6 Å². The van der Waals surface area contributed by atoms with Gasteiger partial charge in [-0.2, -0.15) is 4.31 Å². The molecule has 1 aromatic carbocycles. The third kappa shape index (κ3) is 5.24. The Morgan fingerprint density at radius 2 is 1.83 bits per heavy atom. The zero-order valence-electron chi connectivity index (χ0n) is 13.6. The van der Waals surface area contributed by atoms with Crippen LogP contribution in [0.4, 0.5) is 14.5 Å². The molecule has 1 saturated carbocycles. The van der Waals surface area contributed by atoms with Gasteiger partial charge in [-0.05, 0) is 25.0 Å². The lowest BCUT2D eigenvalue weighted by molar-refractivity contribution is -0.116. The van der Waals surface area contributed by atoms with E-state index in [2.05, 4.69) is 5.32 Å². The molecule has 8 heteroatoms. The van der Waals surface area contributed by atoms with Gasteiger partial charge in [-0.15, -0.1) is 0 Å². The molecule has 134 valence electrons. The van der Waals surface area contributed by atoms with Crippen LogP contribution in [-0.2, 0) is 14.8 Å². The van der Waals surface area contributed by atoms with Crippen molar-refractivity contribution in [2.75, 3.05) is 18.1 Å². The molecule has 0 aliphatic heterocycles. The third-order valence-electron chi connectivity index (χ3n) is 4.16. The third-order valence-corrected chi connectivity index (χ3v) is 5.44. The first-order valence-electron chi connectivity index (χ1n) is 7.99. The van der Waals surface area contributed by atoms with E-state index in [9.17, 15) is 22.0 Å². The summed E-state index contributed by atoms with van der Waals surface area (Å²) < 4.78 is 51.8. The summed E-state index contributed by atoms with van der Waals surface area (Å²) >= 11 is 0. The van der Waals surface area contributed by atoms with E-state index in [1.165, 1.54) is 4.31 Å². The van der Waals surface area contributed by atoms with E-state index in [1.807, 2.05) is 0 Å². The number of nitrogens with zero attached hydrogens (tertiary/aromatic N) is 1. The van der Waals surface area contributed by atoms with Crippen molar-refractivity contribution in [3.63, 3.8) is 0 Å². The van der Waals surface area contributed by atoms with Gasteiger partial charge in [0.1, 0.15) is 11.6 Å². The number of hydrogen-bond acceptors (Lipinski definition) is 3. The molecule has 0 unspecified atom stereocenters. The smallest absolute Gasteiger partial charge is 0.239 e. The SMILES string of the molecule is CS(=O)(=O)N(CC(=O)Nc1ccc(F)cc1F)C1CCCCCC1. The summed E-state index contributed by atoms with van der Waals surface area (Å²) in [4.78, 5) is 12.2. The number of hydrogen-bond donors (Lipinski definition) is 1. The maximum absolute atomic E-state index is 13.6. The summed E-state index contributed by atoms with van der Waals surface area (Å²) in [6, 6.07) is 2.58. The van der Waals surface area contributed by atoms with Crippen LogP contribution in [0, 0.1) is 11.6 Å². The quantitative estimate of drug-likeness (QED) is 0.821. The summed E-state index contributed by atoms with van der Waals surface area (Å²) in [6.45, 7) is -0.375. The number of carbonyl (C=O) groups is 1. The van der Waals surface area contributed by atoms with Crippen LogP contribution in [0.1, 0.15) is 38.5 Å². The Hall–Kier alpha value is -1.54. The average molecular weight is 360 g/mol. The van der Waals surface area contributed by atoms with Gasteiger partial charge in [0, 0.05) is 12.1 Å². The molecule has 1 fully saturated rings. The number of sulfonamides is 1. The van der Waals surface area contributed by atoms with Gasteiger partial charge in [-0.1, -0.05) is 25.7 Å². The molecule has 0 radical (unpaired) electrons. The lowest BCUT2D eigenvalue weighted by Crippen LogP contribution is -2.44. The normalized spacial score (nSPS) is 16.8. The first-order valence-corrected chi connectivity index (χ1v) is 9.84. The largest absolute Gasteiger partial charge is 0.322 e. The maximum Gasteiger partial charge on any atom is 0.239 e. The number of amides is 1. The van der Waals surface area contributed by atoms with E-state index >= 15 is 0 Å². The monoisotopic (exact) mass is 360 g/mol. The van der Waals surface area contributed by atoms with E-state index in [0.29, 0.717) is 18.9 Å². The highest BCUT2D eigenvalue weighted by atomic mass is 32.2. The predicted octanol–water partition coefficient (Wildman–Crippen LogP) is 2.89. The molecule has 0 bridgehead atoms. The summed E-state index contributed by atoms with van der Waals surface area (Å²) in [7, 11) is -3.57. The molecular formula is C16H22F2N2O3S. The summed E-state index contributed by atoms with van der Waals surface area (Å²) in [5.74, 6) is -2.29. The minimum atomic E-state index is -3.57. The van der Waals surface area contributed by atoms with Gasteiger partial charge < -0.3 is 5.32 Å². The van der Waals surface area contributed by atoms with Crippen LogP contribution in [0.3, 0.4) is 0 Å². The van der Waals surface area contributed by atoms with Crippen molar-refractivity contribution in [2.24, 2.45) is 0 Å². The molecule has 0 aromatic heterocycles. The maximum atomic E-state index is 13.6. The highest BCUT2D eigenvalue weighted by Crippen LogP contribution is 2.24. The van der Waals surface area contributed by atoms with Crippen LogP contribution in [0.2, 0.25) is 0 Å². The predicted molar refractivity (Wildman–Crippen MR) is 88.0 cm³/mol. The molecule has 24 heavy (non-hydrogen) atoms. The zero-order valence-corrected chi connectivity index (χ0v) is 14.4. The van der Waals surface area contributed by atoms with Crippen molar-refractivity contribution in [1.82, 2.24) is 4.31 Å². The molecule has 1 amide bonds. The minimum absolute atomic E-state index is 0.171. The standard InChI is InChI=1S/C16H22F2N2O3S/c1-24(22,23)20(13-6-4-2-3-5-7-13)11-16(21)19-15-9-8-12(17)10-14(15)18/h8-10,13H,2-7,11H2,1H3,(H,19,21). The fourth-order valence-electron chi connectivity index (χ4n) is 2.99. The molecular weight excluding hydrogens is 338 g/mol. The van der Waals surface area contributed by atoms with Crippen molar-refractivity contribution in [1.29, 1.82) is 0 Å². The molecule has 5 nitrogen and oxygen atoms in total. The summed E-state index contributed by atoms with van der Waals surface area (Å²) in [5, 5.41) is 2.31. The Morgan fingerprint density at radius 1 is 1.21 bits per heavy atom. The Kier molecular flexibility index (Phi) is 6.28. The molecule has 2 rings (SSSR count). The minimum Gasteiger partial charge on any atom is -0.322 e. The van der Waals surface area contributed by atoms with Gasteiger partial charge in [-0.25, -0.2) is 17.2 Å². The Bertz CT molecular complexity index is 687. The fraction of sp³-hybridized carbons (Fsp3) is 0.562. The van der Waals surface area contributed by atoms with Gasteiger partial charge in [0.2, 0.25) is 15.9 Å². The van der Waals surface area contributed by atoms with Crippen molar-refractivity contribution in [3.05, 3.63) is 29.8 Å². The molecule has 0 saturated heterocycles. The van der Waals surface area contributed by atoms with Crippen LogP contribution in [0.25, 0.3) is 0 Å². The van der Waals surface area contributed by atoms with Gasteiger partial charge in [0.25, 0.3) is 0 Å². The van der Waals surface area contributed by atoms with Crippen molar-refractivity contribution < 1.29 is 22.0 Å². The van der Waals surface area contributed by atoms with Crippen LogP contribution in [0.15, 0.2) is 18.2 Å². The molecule has 1 aliphatic carbocycles. The molecule has 1 N–H and O–H groups in total. The number of halogens is 2. The number of benzene rings is 1. The Labute approximate surface area is 141 Å². The van der Waals surface area contributed by atoms with E-state index in [4.69, 9.17) is 0 Å². The lowest BCUT2D eigenvalue weighted by atomic mass is 10.1. The second-order valence-corrected chi connectivity index (χ2v) is 8.06. The van der Waals surface area contributed by atoms with Gasteiger partial charge in [0.15, 0.2) is 0 Å². The first kappa shape index (κ1) is 18.8. The molecule has 0 atom stereocenters. The van der Waals surface area contributed by atoms with Gasteiger partial charge in [0.05, 0.1) is 18.5 Å². The number of carbonyl (C=O) groups excluding carboxylic acids is 1. The van der Waals surface area contributed by atoms with Crippen molar-refractivity contribution in [2.45, 2.75) is 44.6 Å². The van der Waals surface area contributed by atoms with Crippen LogP contribution in [0.5, 0.6) is 0 Å². The van der Waals surface area contributed by atoms with Crippen molar-refractivity contribution in [3.8, 4) is 0 Å². The summed E-state index contributed by atoms with van der Waals surface area (Å²) in [6.07, 6.45) is 6.46. The van der Waals surface area contributed by atoms with E-state index in [0.717, 1.165) is 44.1 Å². The molecule has 1 aliphatic rings. The highest BCUT2D eigenvalue weighted by Gasteiger charge is 2.29. The molecule has 0 spiro atoms. The first-order chi connectivity index (χ1) is 11.3. The Morgan fingerprint density at radius 3 is 2.38 bits per heavy atom. The van der Waals surface area contributed by atoms with Crippen molar-refractivity contribution >= 4 is 21.6 Å². The van der Waals surface area contributed by atoms with Gasteiger partial charge >= 0.3 is 0 Å².